The number of carbonyl (C=O) groups is 3. The third-order valence-electron chi connectivity index (χ3n) is 1.86. The van der Waals surface area contributed by atoms with Gasteiger partial charge in [0.25, 0.3) is 0 Å². The first kappa shape index (κ1) is 14.2. The van der Waals surface area contributed by atoms with E-state index in [9.17, 15) is 14.4 Å². The number of hydrogen-bond donors (Lipinski definition) is 3. The summed E-state index contributed by atoms with van der Waals surface area (Å²) in [5.74, 6) is -2.74. The summed E-state index contributed by atoms with van der Waals surface area (Å²) >= 11 is 0. The summed E-state index contributed by atoms with van der Waals surface area (Å²) in [6.45, 7) is 3.43. The zero-order chi connectivity index (χ0) is 12.6. The van der Waals surface area contributed by atoms with Gasteiger partial charge in [-0.3, -0.25) is 9.59 Å². The van der Waals surface area contributed by atoms with Gasteiger partial charge in [0.15, 0.2) is 0 Å². The Balaban J connectivity index is 4.11. The zero-order valence-corrected chi connectivity index (χ0v) is 8.81. The molecule has 0 spiro atoms. The summed E-state index contributed by atoms with van der Waals surface area (Å²) in [6.07, 6.45) is 1.74. The standard InChI is InChI=1S/C10H15NO5/c1-2-3-4-8(12)11-7(10(15)16)5-6-9(13)14/h2,7H,1,3-6H2,(H,11,12)(H,13,14)(H,15,16)/t7-/m0/s1. The molecule has 0 radical (unpaired) electrons. The van der Waals surface area contributed by atoms with Gasteiger partial charge in [-0.15, -0.1) is 6.58 Å². The molecule has 0 aliphatic carbocycles. The van der Waals surface area contributed by atoms with Crippen molar-refractivity contribution in [2.24, 2.45) is 0 Å². The lowest BCUT2D eigenvalue weighted by molar-refractivity contribution is -0.143. The van der Waals surface area contributed by atoms with Crippen LogP contribution in [0.4, 0.5) is 0 Å². The summed E-state index contributed by atoms with van der Waals surface area (Å²) < 4.78 is 0. The molecule has 6 heteroatoms. The van der Waals surface area contributed by atoms with Gasteiger partial charge in [0, 0.05) is 12.8 Å². The molecular weight excluding hydrogens is 214 g/mol. The number of amides is 1. The quantitative estimate of drug-likeness (QED) is 0.522. The first-order valence-corrected chi connectivity index (χ1v) is 4.82. The number of carboxylic acids is 2. The normalized spacial score (nSPS) is 11.5. The van der Waals surface area contributed by atoms with Crippen LogP contribution in [0.25, 0.3) is 0 Å². The number of carboxylic acid groups (broad SMARTS) is 2. The minimum Gasteiger partial charge on any atom is -0.481 e. The maximum absolute atomic E-state index is 11.2. The van der Waals surface area contributed by atoms with E-state index in [2.05, 4.69) is 11.9 Å². The van der Waals surface area contributed by atoms with Crippen LogP contribution in [0.2, 0.25) is 0 Å². The summed E-state index contributed by atoms with van der Waals surface area (Å²) in [5.41, 5.74) is 0. The van der Waals surface area contributed by atoms with Crippen molar-refractivity contribution >= 4 is 17.8 Å². The fraction of sp³-hybridized carbons (Fsp3) is 0.500. The predicted molar refractivity (Wildman–Crippen MR) is 55.9 cm³/mol. The van der Waals surface area contributed by atoms with Crippen molar-refractivity contribution in [3.05, 3.63) is 12.7 Å². The lowest BCUT2D eigenvalue weighted by atomic mass is 10.1. The molecule has 90 valence electrons. The Hall–Kier alpha value is -1.85. The molecule has 0 unspecified atom stereocenters. The number of carbonyl (C=O) groups excluding carboxylic acids is 1. The van der Waals surface area contributed by atoms with E-state index in [1.807, 2.05) is 0 Å². The Morgan fingerprint density at radius 2 is 1.88 bits per heavy atom. The summed E-state index contributed by atoms with van der Waals surface area (Å²) in [5, 5.41) is 19.4. The van der Waals surface area contributed by atoms with Gasteiger partial charge in [0.05, 0.1) is 0 Å². The monoisotopic (exact) mass is 229 g/mol. The fourth-order valence-corrected chi connectivity index (χ4v) is 1.02. The number of aliphatic carboxylic acids is 2. The molecule has 1 amide bonds. The third-order valence-corrected chi connectivity index (χ3v) is 1.86. The van der Waals surface area contributed by atoms with Crippen LogP contribution in [0.15, 0.2) is 12.7 Å². The van der Waals surface area contributed by atoms with Gasteiger partial charge in [0.2, 0.25) is 5.91 Å². The van der Waals surface area contributed by atoms with Crippen molar-refractivity contribution in [1.82, 2.24) is 5.32 Å². The topological polar surface area (TPSA) is 104 Å². The molecule has 0 saturated carbocycles. The van der Waals surface area contributed by atoms with Crippen LogP contribution in [0.1, 0.15) is 25.7 Å². The number of nitrogens with one attached hydrogen (secondary N) is 1. The van der Waals surface area contributed by atoms with E-state index in [-0.39, 0.29) is 19.3 Å². The van der Waals surface area contributed by atoms with Gasteiger partial charge in [-0.05, 0) is 12.8 Å². The first-order valence-electron chi connectivity index (χ1n) is 4.82. The van der Waals surface area contributed by atoms with Gasteiger partial charge >= 0.3 is 11.9 Å². The largest absolute Gasteiger partial charge is 0.481 e. The summed E-state index contributed by atoms with van der Waals surface area (Å²) in [7, 11) is 0. The smallest absolute Gasteiger partial charge is 0.326 e. The Labute approximate surface area is 93.0 Å². The van der Waals surface area contributed by atoms with Crippen LogP contribution in [0, 0.1) is 0 Å². The van der Waals surface area contributed by atoms with Crippen molar-refractivity contribution in [3.63, 3.8) is 0 Å². The Morgan fingerprint density at radius 1 is 1.25 bits per heavy atom. The van der Waals surface area contributed by atoms with Crippen molar-refractivity contribution < 1.29 is 24.6 Å². The highest BCUT2D eigenvalue weighted by molar-refractivity contribution is 5.83. The molecule has 0 aromatic rings. The molecule has 6 nitrogen and oxygen atoms in total. The average Bonchev–Trinajstić information content (AvgIpc) is 2.20. The zero-order valence-electron chi connectivity index (χ0n) is 8.81. The fourth-order valence-electron chi connectivity index (χ4n) is 1.02. The van der Waals surface area contributed by atoms with Crippen LogP contribution < -0.4 is 5.32 Å². The molecule has 0 rings (SSSR count). The molecule has 0 bridgehead atoms. The first-order chi connectivity index (χ1) is 7.47. The molecule has 1 atom stereocenters. The Bertz CT molecular complexity index is 287. The highest BCUT2D eigenvalue weighted by Gasteiger charge is 2.20. The van der Waals surface area contributed by atoms with E-state index in [0.29, 0.717) is 6.42 Å². The average molecular weight is 229 g/mol. The van der Waals surface area contributed by atoms with E-state index in [4.69, 9.17) is 10.2 Å². The van der Waals surface area contributed by atoms with E-state index in [1.165, 1.54) is 0 Å². The van der Waals surface area contributed by atoms with E-state index >= 15 is 0 Å². The van der Waals surface area contributed by atoms with Crippen LogP contribution in [0.5, 0.6) is 0 Å². The maximum atomic E-state index is 11.2. The van der Waals surface area contributed by atoms with Gasteiger partial charge in [-0.1, -0.05) is 6.08 Å². The number of rotatable bonds is 8. The number of hydrogen-bond acceptors (Lipinski definition) is 3. The second kappa shape index (κ2) is 7.44. The second-order valence-electron chi connectivity index (χ2n) is 3.22. The van der Waals surface area contributed by atoms with Crippen molar-refractivity contribution in [1.29, 1.82) is 0 Å². The molecule has 0 aromatic heterocycles. The van der Waals surface area contributed by atoms with Gasteiger partial charge in [0.1, 0.15) is 6.04 Å². The molecule has 0 heterocycles. The van der Waals surface area contributed by atoms with Crippen LogP contribution in [-0.2, 0) is 14.4 Å². The van der Waals surface area contributed by atoms with Crippen molar-refractivity contribution in [2.75, 3.05) is 0 Å². The van der Waals surface area contributed by atoms with Crippen LogP contribution in [-0.4, -0.2) is 34.1 Å². The van der Waals surface area contributed by atoms with Crippen molar-refractivity contribution in [3.8, 4) is 0 Å². The molecule has 0 fully saturated rings. The second-order valence-corrected chi connectivity index (χ2v) is 3.22. The van der Waals surface area contributed by atoms with Gasteiger partial charge in [-0.25, -0.2) is 4.79 Å². The molecule has 0 saturated heterocycles. The van der Waals surface area contributed by atoms with Gasteiger partial charge < -0.3 is 15.5 Å². The predicted octanol–water partition coefficient (Wildman–Crippen LogP) is 0.387. The SMILES string of the molecule is C=CCCC(=O)N[C@@H](CCC(=O)O)C(=O)O. The Morgan fingerprint density at radius 3 is 2.31 bits per heavy atom. The lowest BCUT2D eigenvalue weighted by Crippen LogP contribution is -2.40. The molecular formula is C10H15NO5. The molecule has 16 heavy (non-hydrogen) atoms. The van der Waals surface area contributed by atoms with Crippen LogP contribution >= 0.6 is 0 Å². The highest BCUT2D eigenvalue weighted by atomic mass is 16.4. The molecule has 3 N–H and O–H groups in total. The molecule has 0 aliphatic heterocycles. The summed E-state index contributed by atoms with van der Waals surface area (Å²) in [4.78, 5) is 32.2. The lowest BCUT2D eigenvalue weighted by Gasteiger charge is -2.12. The van der Waals surface area contributed by atoms with E-state index < -0.39 is 23.9 Å². The van der Waals surface area contributed by atoms with Crippen molar-refractivity contribution in [2.45, 2.75) is 31.7 Å². The number of allylic oxidation sites excluding steroid dienone is 1. The third kappa shape index (κ3) is 6.58. The van der Waals surface area contributed by atoms with Gasteiger partial charge in [-0.2, -0.15) is 0 Å². The highest BCUT2D eigenvalue weighted by Crippen LogP contribution is 1.99. The maximum Gasteiger partial charge on any atom is 0.326 e. The summed E-state index contributed by atoms with van der Waals surface area (Å²) in [6, 6.07) is -1.14. The Kier molecular flexibility index (Phi) is 6.58. The van der Waals surface area contributed by atoms with Crippen LogP contribution in [0.3, 0.4) is 0 Å². The minimum atomic E-state index is -1.23. The minimum absolute atomic E-state index is 0.121. The molecule has 0 aromatic carbocycles. The molecule has 0 aliphatic rings. The van der Waals surface area contributed by atoms with E-state index in [0.717, 1.165) is 0 Å². The van der Waals surface area contributed by atoms with E-state index in [1.54, 1.807) is 6.08 Å².